The molecule has 0 aliphatic carbocycles. The van der Waals surface area contributed by atoms with Crippen LogP contribution in [0.25, 0.3) is 0 Å². The van der Waals surface area contributed by atoms with Gasteiger partial charge in [0.25, 0.3) is 3.93 Å². The number of halogens is 3. The standard InChI is InChI=1S/C7H7Br3Si/c8-11(9,10)6-7-4-2-1-3-5-7/h1-5H,6H2. The average Bonchev–Trinajstić information content (AvgIpc) is 1.85. The van der Waals surface area contributed by atoms with Gasteiger partial charge in [-0.3, -0.25) is 0 Å². The fourth-order valence-corrected chi connectivity index (χ4v) is 4.44. The fourth-order valence-electron chi connectivity index (χ4n) is 0.827. The first-order valence-electron chi connectivity index (χ1n) is 3.18. The van der Waals surface area contributed by atoms with Crippen LogP contribution in [-0.2, 0) is 6.04 Å². The molecule has 0 fully saturated rings. The number of benzene rings is 1. The molecule has 0 spiro atoms. The molecule has 0 atom stereocenters. The van der Waals surface area contributed by atoms with Crippen LogP contribution in [0.4, 0.5) is 0 Å². The van der Waals surface area contributed by atoms with Gasteiger partial charge in [0, 0.05) is 0 Å². The molecule has 0 saturated heterocycles. The smallest absolute Gasteiger partial charge is 0.0961 e. The van der Waals surface area contributed by atoms with Gasteiger partial charge < -0.3 is 0 Å². The summed E-state index contributed by atoms with van der Waals surface area (Å²) in [4.78, 5) is 0. The van der Waals surface area contributed by atoms with E-state index in [1.54, 1.807) is 0 Å². The second-order valence-corrected chi connectivity index (χ2v) is 25.6. The zero-order valence-corrected chi connectivity index (χ0v) is 11.5. The third-order valence-electron chi connectivity index (χ3n) is 1.25. The minimum Gasteiger partial charge on any atom is -0.0961 e. The van der Waals surface area contributed by atoms with E-state index < -0.39 is 3.93 Å². The van der Waals surface area contributed by atoms with Crippen LogP contribution in [0, 0.1) is 0 Å². The third kappa shape index (κ3) is 4.45. The van der Waals surface area contributed by atoms with Gasteiger partial charge in [-0.05, 0) is 11.6 Å². The predicted octanol–water partition coefficient (Wildman–Crippen LogP) is 3.89. The van der Waals surface area contributed by atoms with Crippen molar-refractivity contribution in [2.24, 2.45) is 0 Å². The van der Waals surface area contributed by atoms with E-state index in [-0.39, 0.29) is 0 Å². The van der Waals surface area contributed by atoms with Gasteiger partial charge in [-0.25, -0.2) is 0 Å². The Bertz CT molecular complexity index is 217. The maximum absolute atomic E-state index is 3.59. The lowest BCUT2D eigenvalue weighted by Crippen LogP contribution is -2.11. The molecule has 0 unspecified atom stereocenters. The first-order chi connectivity index (χ1) is 5.08. The molecule has 0 heterocycles. The highest BCUT2D eigenvalue weighted by Gasteiger charge is 2.21. The van der Waals surface area contributed by atoms with Crippen LogP contribution < -0.4 is 0 Å². The molecule has 11 heavy (non-hydrogen) atoms. The highest BCUT2D eigenvalue weighted by Crippen LogP contribution is 2.30. The van der Waals surface area contributed by atoms with Crippen molar-refractivity contribution in [2.45, 2.75) is 6.04 Å². The molecule has 1 aromatic rings. The van der Waals surface area contributed by atoms with Crippen LogP contribution in [0.1, 0.15) is 5.56 Å². The first kappa shape index (κ1) is 9.96. The molecule has 0 radical (unpaired) electrons. The van der Waals surface area contributed by atoms with Gasteiger partial charge in [0.2, 0.25) is 0 Å². The summed E-state index contributed by atoms with van der Waals surface area (Å²) in [5, 5.41) is 0. The van der Waals surface area contributed by atoms with Gasteiger partial charge >= 0.3 is 0 Å². The van der Waals surface area contributed by atoms with Crippen LogP contribution in [0.2, 0.25) is 0 Å². The quantitative estimate of drug-likeness (QED) is 0.555. The SMILES string of the molecule is Br[Si](Br)(Br)Cc1ccccc1. The van der Waals surface area contributed by atoms with Crippen LogP contribution in [-0.4, -0.2) is 3.93 Å². The van der Waals surface area contributed by atoms with Crippen LogP contribution in [0.3, 0.4) is 0 Å². The Morgan fingerprint density at radius 2 is 1.55 bits per heavy atom. The summed E-state index contributed by atoms with van der Waals surface area (Å²) in [5.41, 5.74) is 1.35. The van der Waals surface area contributed by atoms with E-state index >= 15 is 0 Å². The van der Waals surface area contributed by atoms with Crippen molar-refractivity contribution in [2.75, 3.05) is 0 Å². The summed E-state index contributed by atoms with van der Waals surface area (Å²) in [6.45, 7) is 0. The van der Waals surface area contributed by atoms with E-state index in [4.69, 9.17) is 0 Å². The molecule has 0 aliphatic heterocycles. The van der Waals surface area contributed by atoms with Crippen LogP contribution >= 0.6 is 45.9 Å². The van der Waals surface area contributed by atoms with Crippen LogP contribution in [0.15, 0.2) is 30.3 Å². The maximum Gasteiger partial charge on any atom is 0.271 e. The fraction of sp³-hybridized carbons (Fsp3) is 0.143. The van der Waals surface area contributed by atoms with E-state index in [2.05, 4.69) is 70.1 Å². The number of hydrogen-bond acceptors (Lipinski definition) is 0. The molecule has 0 bridgehead atoms. The topological polar surface area (TPSA) is 0 Å². The van der Waals surface area contributed by atoms with Crippen molar-refractivity contribution in [3.8, 4) is 0 Å². The Morgan fingerprint density at radius 3 is 2.00 bits per heavy atom. The van der Waals surface area contributed by atoms with Crippen molar-refractivity contribution < 1.29 is 0 Å². The normalized spacial score (nSPS) is 11.5. The lowest BCUT2D eigenvalue weighted by atomic mass is 10.2. The van der Waals surface area contributed by atoms with Crippen molar-refractivity contribution in [3.63, 3.8) is 0 Å². The molecule has 4 heteroatoms. The van der Waals surface area contributed by atoms with Crippen molar-refractivity contribution in [1.29, 1.82) is 0 Å². The highest BCUT2D eigenvalue weighted by atomic mass is 80.0. The lowest BCUT2D eigenvalue weighted by molar-refractivity contribution is 1.39. The average molecular weight is 359 g/mol. The summed E-state index contributed by atoms with van der Waals surface area (Å²) >= 11 is 10.8. The minimum absolute atomic E-state index is 1.05. The monoisotopic (exact) mass is 356 g/mol. The predicted molar refractivity (Wildman–Crippen MR) is 62.7 cm³/mol. The van der Waals surface area contributed by atoms with Gasteiger partial charge in [0.15, 0.2) is 0 Å². The van der Waals surface area contributed by atoms with Gasteiger partial charge in [-0.1, -0.05) is 76.2 Å². The molecule has 0 amide bonds. The Morgan fingerprint density at radius 1 is 1.00 bits per heavy atom. The Balaban J connectivity index is 2.66. The summed E-state index contributed by atoms with van der Waals surface area (Å²) in [6, 6.07) is 11.5. The van der Waals surface area contributed by atoms with E-state index in [0.717, 1.165) is 6.04 Å². The molecule has 0 nitrogen and oxygen atoms in total. The number of hydrogen-bond donors (Lipinski definition) is 0. The molecule has 0 aromatic heterocycles. The van der Waals surface area contributed by atoms with Gasteiger partial charge in [0.05, 0.1) is 0 Å². The molecular weight excluding hydrogens is 352 g/mol. The van der Waals surface area contributed by atoms with Crippen molar-refractivity contribution >= 4 is 49.8 Å². The molecule has 60 valence electrons. The van der Waals surface area contributed by atoms with Crippen molar-refractivity contribution in [3.05, 3.63) is 35.9 Å². The highest BCUT2D eigenvalue weighted by molar-refractivity contribution is 9.71. The summed E-state index contributed by atoms with van der Waals surface area (Å²) in [6.07, 6.45) is 0. The Hall–Kier alpha value is 0.877. The van der Waals surface area contributed by atoms with Gasteiger partial charge in [-0.2, -0.15) is 0 Å². The summed E-state index contributed by atoms with van der Waals surface area (Å²) in [7, 11) is 0. The van der Waals surface area contributed by atoms with E-state index in [1.807, 2.05) is 6.07 Å². The second-order valence-electron chi connectivity index (χ2n) is 2.28. The second kappa shape index (κ2) is 4.21. The molecule has 0 aliphatic rings. The molecular formula is C7H7Br3Si. The molecule has 1 aromatic carbocycles. The third-order valence-corrected chi connectivity index (χ3v) is 4.58. The first-order valence-corrected chi connectivity index (χ1v) is 12.2. The maximum atomic E-state index is 3.59. The van der Waals surface area contributed by atoms with Crippen molar-refractivity contribution in [1.82, 2.24) is 0 Å². The zero-order chi connectivity index (χ0) is 8.32. The number of rotatable bonds is 2. The van der Waals surface area contributed by atoms with E-state index in [0.29, 0.717) is 0 Å². The zero-order valence-electron chi connectivity index (χ0n) is 5.73. The Kier molecular flexibility index (Phi) is 3.81. The van der Waals surface area contributed by atoms with Gasteiger partial charge in [0.1, 0.15) is 0 Å². The van der Waals surface area contributed by atoms with E-state index in [9.17, 15) is 0 Å². The van der Waals surface area contributed by atoms with Crippen LogP contribution in [0.5, 0.6) is 0 Å². The molecule has 0 saturated carbocycles. The lowest BCUT2D eigenvalue weighted by Gasteiger charge is -2.07. The Labute approximate surface area is 91.1 Å². The summed E-state index contributed by atoms with van der Waals surface area (Å²) < 4.78 is -1.46. The van der Waals surface area contributed by atoms with Gasteiger partial charge in [-0.15, -0.1) is 0 Å². The largest absolute Gasteiger partial charge is 0.271 e. The molecule has 0 N–H and O–H groups in total. The van der Waals surface area contributed by atoms with E-state index in [1.165, 1.54) is 5.56 Å². The minimum atomic E-state index is -1.46. The summed E-state index contributed by atoms with van der Waals surface area (Å²) in [5.74, 6) is 0. The molecule has 1 rings (SSSR count).